The zero-order valence-corrected chi connectivity index (χ0v) is 17.7. The number of aromatic nitrogens is 3. The molecular formula is C22H29N5O2. The number of nitrogens with one attached hydrogen (secondary N) is 1. The number of carbonyl (C=O) groups is 1. The van der Waals surface area contributed by atoms with Gasteiger partial charge in [0.05, 0.1) is 24.9 Å². The van der Waals surface area contributed by atoms with Crippen molar-refractivity contribution in [3.05, 3.63) is 40.5 Å². The lowest BCUT2D eigenvalue weighted by Gasteiger charge is -2.22. The van der Waals surface area contributed by atoms with Gasteiger partial charge in [-0.25, -0.2) is 15.0 Å². The van der Waals surface area contributed by atoms with Crippen LogP contribution in [0.15, 0.2) is 12.1 Å². The molecule has 3 heterocycles. The van der Waals surface area contributed by atoms with Gasteiger partial charge in [0, 0.05) is 35.8 Å². The summed E-state index contributed by atoms with van der Waals surface area (Å²) in [6, 6.07) is 4.21. The van der Waals surface area contributed by atoms with E-state index in [4.69, 9.17) is 4.74 Å². The fourth-order valence-electron chi connectivity index (χ4n) is 4.21. The number of pyridine rings is 1. The second kappa shape index (κ2) is 7.97. The van der Waals surface area contributed by atoms with Gasteiger partial charge in [0.15, 0.2) is 0 Å². The summed E-state index contributed by atoms with van der Waals surface area (Å²) in [6.07, 6.45) is 4.59. The lowest BCUT2D eigenvalue weighted by molar-refractivity contribution is 0.0706. The van der Waals surface area contributed by atoms with Crippen LogP contribution in [0.2, 0.25) is 0 Å². The van der Waals surface area contributed by atoms with Crippen molar-refractivity contribution in [1.29, 1.82) is 0 Å². The zero-order valence-electron chi connectivity index (χ0n) is 17.7. The first kappa shape index (κ1) is 19.6. The molecule has 0 unspecified atom stereocenters. The summed E-state index contributed by atoms with van der Waals surface area (Å²) in [5, 5.41) is 3.35. The Hall–Kier alpha value is -2.70. The Kier molecular flexibility index (Phi) is 5.39. The van der Waals surface area contributed by atoms with E-state index in [0.29, 0.717) is 30.6 Å². The highest BCUT2D eigenvalue weighted by Gasteiger charge is 2.35. The minimum Gasteiger partial charge on any atom is -0.481 e. The van der Waals surface area contributed by atoms with E-state index >= 15 is 0 Å². The number of anilines is 1. The van der Waals surface area contributed by atoms with Gasteiger partial charge >= 0.3 is 0 Å². The summed E-state index contributed by atoms with van der Waals surface area (Å²) >= 11 is 0. The van der Waals surface area contributed by atoms with Crippen molar-refractivity contribution in [3.8, 4) is 5.88 Å². The van der Waals surface area contributed by atoms with Crippen molar-refractivity contribution in [2.24, 2.45) is 0 Å². The van der Waals surface area contributed by atoms with Crippen LogP contribution in [0.5, 0.6) is 5.88 Å². The van der Waals surface area contributed by atoms with Gasteiger partial charge < -0.3 is 15.0 Å². The lowest BCUT2D eigenvalue weighted by Crippen LogP contribution is -2.33. The monoisotopic (exact) mass is 395 g/mol. The summed E-state index contributed by atoms with van der Waals surface area (Å²) in [6.45, 7) is 7.19. The third-order valence-electron chi connectivity index (χ3n) is 5.76. The molecule has 0 spiro atoms. The van der Waals surface area contributed by atoms with Crippen LogP contribution in [-0.4, -0.2) is 38.9 Å². The van der Waals surface area contributed by atoms with Gasteiger partial charge in [0.2, 0.25) is 5.88 Å². The van der Waals surface area contributed by atoms with Crippen molar-refractivity contribution >= 4 is 11.7 Å². The maximum absolute atomic E-state index is 13.0. The molecule has 1 aliphatic carbocycles. The van der Waals surface area contributed by atoms with E-state index in [1.54, 1.807) is 7.11 Å². The van der Waals surface area contributed by atoms with Crippen molar-refractivity contribution in [2.75, 3.05) is 12.4 Å². The number of hydrogen-bond donors (Lipinski definition) is 1. The third-order valence-corrected chi connectivity index (χ3v) is 5.76. The normalized spacial score (nSPS) is 16.6. The predicted octanol–water partition coefficient (Wildman–Crippen LogP) is 3.82. The van der Waals surface area contributed by atoms with Crippen LogP contribution >= 0.6 is 0 Å². The average Bonchev–Trinajstić information content (AvgIpc) is 3.33. The molecule has 0 radical (unpaired) electrons. The molecule has 1 amide bonds. The molecule has 154 valence electrons. The molecule has 1 saturated carbocycles. The van der Waals surface area contributed by atoms with Gasteiger partial charge in [-0.15, -0.1) is 0 Å². The molecule has 0 atom stereocenters. The second-order valence-corrected chi connectivity index (χ2v) is 8.28. The average molecular weight is 396 g/mol. The highest BCUT2D eigenvalue weighted by molar-refractivity contribution is 5.98. The van der Waals surface area contributed by atoms with Gasteiger partial charge in [0.1, 0.15) is 11.6 Å². The van der Waals surface area contributed by atoms with E-state index in [-0.39, 0.29) is 11.8 Å². The van der Waals surface area contributed by atoms with E-state index < -0.39 is 0 Å². The lowest BCUT2D eigenvalue weighted by atomic mass is 10.1. The number of methoxy groups -OCH3 is 1. The first-order chi connectivity index (χ1) is 14.0. The van der Waals surface area contributed by atoms with Gasteiger partial charge in [0.25, 0.3) is 5.91 Å². The zero-order chi connectivity index (χ0) is 20.5. The summed E-state index contributed by atoms with van der Waals surface area (Å²) in [5.41, 5.74) is 3.31. The molecule has 2 aliphatic rings. The summed E-state index contributed by atoms with van der Waals surface area (Å²) in [7, 11) is 1.62. The van der Waals surface area contributed by atoms with Crippen LogP contribution in [0.4, 0.5) is 5.82 Å². The summed E-state index contributed by atoms with van der Waals surface area (Å²) in [5.74, 6) is 2.50. The summed E-state index contributed by atoms with van der Waals surface area (Å²) in [4.78, 5) is 28.7. The molecule has 0 bridgehead atoms. The van der Waals surface area contributed by atoms with E-state index in [0.717, 1.165) is 41.4 Å². The Labute approximate surface area is 171 Å². The highest BCUT2D eigenvalue weighted by Crippen LogP contribution is 2.33. The van der Waals surface area contributed by atoms with Crippen LogP contribution in [0.1, 0.15) is 78.6 Å². The number of hydrogen-bond acceptors (Lipinski definition) is 6. The number of carbonyl (C=O) groups excluding carboxylic acids is 1. The Morgan fingerprint density at radius 3 is 2.66 bits per heavy atom. The second-order valence-electron chi connectivity index (χ2n) is 8.28. The van der Waals surface area contributed by atoms with Gasteiger partial charge in [-0.05, 0) is 25.8 Å². The maximum Gasteiger partial charge on any atom is 0.256 e. The number of rotatable bonds is 6. The Morgan fingerprint density at radius 1 is 1.21 bits per heavy atom. The minimum atomic E-state index is 0.100. The topological polar surface area (TPSA) is 80.2 Å². The van der Waals surface area contributed by atoms with Gasteiger partial charge in [-0.2, -0.15) is 0 Å². The Bertz CT molecular complexity index is 922. The number of fused-ring (bicyclic) bond motifs is 1. The molecule has 1 fully saturated rings. The largest absolute Gasteiger partial charge is 0.481 e. The van der Waals surface area contributed by atoms with E-state index in [1.165, 1.54) is 12.8 Å². The van der Waals surface area contributed by atoms with Crippen LogP contribution in [0.3, 0.4) is 0 Å². The van der Waals surface area contributed by atoms with Gasteiger partial charge in [-0.3, -0.25) is 4.79 Å². The number of ether oxygens (including phenoxy) is 1. The SMILES string of the molecule is COc1nc2c(cc1CNc1cc(C)nc(C(C)C)n1)C(=O)N(C1CCCC1)C2. The summed E-state index contributed by atoms with van der Waals surface area (Å²) < 4.78 is 5.53. The molecule has 2 aromatic rings. The maximum atomic E-state index is 13.0. The Balaban J connectivity index is 1.56. The number of aryl methyl sites for hydroxylation is 1. The molecule has 0 aromatic carbocycles. The molecule has 2 aromatic heterocycles. The van der Waals surface area contributed by atoms with Crippen molar-refractivity contribution < 1.29 is 9.53 Å². The van der Waals surface area contributed by atoms with E-state index in [1.807, 2.05) is 24.0 Å². The molecule has 1 aliphatic heterocycles. The number of nitrogens with zero attached hydrogens (tertiary/aromatic N) is 4. The van der Waals surface area contributed by atoms with Crippen LogP contribution in [0, 0.1) is 6.92 Å². The molecule has 7 nitrogen and oxygen atoms in total. The quantitative estimate of drug-likeness (QED) is 0.801. The standard InChI is InChI=1S/C22H29N5O2/c1-13(2)20-24-14(3)9-19(26-20)23-11-15-10-17-18(25-21(15)29-4)12-27(22(17)28)16-7-5-6-8-16/h9-10,13,16H,5-8,11-12H2,1-4H3,(H,23,24,26). The smallest absolute Gasteiger partial charge is 0.256 e. The number of amides is 1. The van der Waals surface area contributed by atoms with E-state index in [2.05, 4.69) is 34.1 Å². The fraction of sp³-hybridized carbons (Fsp3) is 0.545. The molecule has 7 heteroatoms. The predicted molar refractivity (Wildman–Crippen MR) is 111 cm³/mol. The highest BCUT2D eigenvalue weighted by atomic mass is 16.5. The Morgan fingerprint density at radius 2 is 1.97 bits per heavy atom. The molecule has 4 rings (SSSR count). The van der Waals surface area contributed by atoms with E-state index in [9.17, 15) is 4.79 Å². The molecule has 29 heavy (non-hydrogen) atoms. The van der Waals surface area contributed by atoms with Crippen LogP contribution in [0.25, 0.3) is 0 Å². The minimum absolute atomic E-state index is 0.100. The fourth-order valence-corrected chi connectivity index (χ4v) is 4.21. The molecular weight excluding hydrogens is 366 g/mol. The first-order valence-corrected chi connectivity index (χ1v) is 10.4. The molecule has 0 saturated heterocycles. The van der Waals surface area contributed by atoms with Crippen molar-refractivity contribution in [1.82, 2.24) is 19.9 Å². The van der Waals surface area contributed by atoms with Crippen molar-refractivity contribution in [2.45, 2.75) is 71.5 Å². The van der Waals surface area contributed by atoms with Gasteiger partial charge in [-0.1, -0.05) is 26.7 Å². The van der Waals surface area contributed by atoms with Crippen LogP contribution in [-0.2, 0) is 13.1 Å². The first-order valence-electron chi connectivity index (χ1n) is 10.4. The molecule has 1 N–H and O–H groups in total. The third kappa shape index (κ3) is 3.91. The van der Waals surface area contributed by atoms with Crippen LogP contribution < -0.4 is 10.1 Å². The van der Waals surface area contributed by atoms with Crippen molar-refractivity contribution in [3.63, 3.8) is 0 Å².